The van der Waals surface area contributed by atoms with Gasteiger partial charge < -0.3 is 10.4 Å². The lowest BCUT2D eigenvalue weighted by Crippen LogP contribution is -2.40. The van der Waals surface area contributed by atoms with Gasteiger partial charge in [-0.3, -0.25) is 4.98 Å². The summed E-state index contributed by atoms with van der Waals surface area (Å²) < 4.78 is 0. The summed E-state index contributed by atoms with van der Waals surface area (Å²) in [4.78, 5) is 4.38. The number of para-hydroxylation sites is 1. The Labute approximate surface area is 107 Å². The summed E-state index contributed by atoms with van der Waals surface area (Å²) in [6.45, 7) is 1.83. The summed E-state index contributed by atoms with van der Waals surface area (Å²) in [7, 11) is 0. The maximum atomic E-state index is 10.0. The Kier molecular flexibility index (Phi) is 3.26. The van der Waals surface area contributed by atoms with E-state index >= 15 is 0 Å². The van der Waals surface area contributed by atoms with E-state index in [4.69, 9.17) is 0 Å². The maximum absolute atomic E-state index is 10.0. The number of aliphatic hydroxyl groups excluding tert-OH is 1. The first-order valence-electron chi connectivity index (χ1n) is 6.56. The summed E-state index contributed by atoms with van der Waals surface area (Å²) >= 11 is 0. The third kappa shape index (κ3) is 2.24. The molecule has 0 bridgehead atoms. The summed E-state index contributed by atoms with van der Waals surface area (Å²) in [5.41, 5.74) is 2.32. The molecule has 1 aliphatic rings. The Morgan fingerprint density at radius 3 is 3.06 bits per heavy atom. The van der Waals surface area contributed by atoms with Crippen molar-refractivity contribution >= 4 is 10.9 Å². The molecule has 1 fully saturated rings. The number of nitrogens with one attached hydrogen (secondary N) is 1. The highest BCUT2D eigenvalue weighted by atomic mass is 16.3. The average molecular weight is 242 g/mol. The fourth-order valence-corrected chi connectivity index (χ4v) is 2.73. The quantitative estimate of drug-likeness (QED) is 0.843. The molecule has 2 N–H and O–H groups in total. The molecule has 3 heteroatoms. The van der Waals surface area contributed by atoms with Gasteiger partial charge in [-0.25, -0.2) is 0 Å². The molecule has 2 unspecified atom stereocenters. The Hall–Kier alpha value is -1.45. The van der Waals surface area contributed by atoms with Gasteiger partial charge in [-0.2, -0.15) is 0 Å². The fraction of sp³-hybridized carbons (Fsp3) is 0.400. The van der Waals surface area contributed by atoms with E-state index in [0.717, 1.165) is 31.4 Å². The fourth-order valence-electron chi connectivity index (χ4n) is 2.73. The van der Waals surface area contributed by atoms with Gasteiger partial charge >= 0.3 is 0 Å². The largest absolute Gasteiger partial charge is 0.393 e. The molecule has 0 amide bonds. The molecule has 3 rings (SSSR count). The standard InChI is InChI=1S/C15H18N2O/c18-15-6-7-16-10-12(15)9-11-5-8-17-14-4-2-1-3-13(11)14/h1-5,8,12,15-16,18H,6-7,9-10H2. The van der Waals surface area contributed by atoms with Gasteiger partial charge in [0.25, 0.3) is 0 Å². The highest BCUT2D eigenvalue weighted by Gasteiger charge is 2.23. The van der Waals surface area contributed by atoms with Crippen LogP contribution in [0.5, 0.6) is 0 Å². The van der Waals surface area contributed by atoms with Gasteiger partial charge in [-0.05, 0) is 37.1 Å². The summed E-state index contributed by atoms with van der Waals surface area (Å²) in [6.07, 6.45) is 3.45. The third-order valence-corrected chi connectivity index (χ3v) is 3.79. The number of pyridine rings is 1. The number of hydrogen-bond acceptors (Lipinski definition) is 3. The predicted octanol–water partition coefficient (Wildman–Crippen LogP) is 1.75. The summed E-state index contributed by atoms with van der Waals surface area (Å²) in [5.74, 6) is 0.310. The molecule has 18 heavy (non-hydrogen) atoms. The van der Waals surface area contributed by atoms with E-state index in [-0.39, 0.29) is 6.10 Å². The Morgan fingerprint density at radius 1 is 1.28 bits per heavy atom. The van der Waals surface area contributed by atoms with Crippen molar-refractivity contribution in [3.63, 3.8) is 0 Å². The number of rotatable bonds is 2. The molecular formula is C15H18N2O. The van der Waals surface area contributed by atoms with E-state index in [1.54, 1.807) is 0 Å². The first kappa shape index (κ1) is 11.6. The van der Waals surface area contributed by atoms with Crippen molar-refractivity contribution in [2.75, 3.05) is 13.1 Å². The first-order valence-corrected chi connectivity index (χ1v) is 6.56. The second-order valence-corrected chi connectivity index (χ2v) is 5.01. The second-order valence-electron chi connectivity index (χ2n) is 5.01. The molecule has 0 spiro atoms. The highest BCUT2D eigenvalue weighted by molar-refractivity contribution is 5.81. The highest BCUT2D eigenvalue weighted by Crippen LogP contribution is 2.22. The number of aromatic nitrogens is 1. The molecule has 0 radical (unpaired) electrons. The third-order valence-electron chi connectivity index (χ3n) is 3.79. The van der Waals surface area contributed by atoms with Crippen molar-refractivity contribution in [1.29, 1.82) is 0 Å². The smallest absolute Gasteiger partial charge is 0.0704 e. The Morgan fingerprint density at radius 2 is 2.17 bits per heavy atom. The van der Waals surface area contributed by atoms with Crippen LogP contribution in [0.1, 0.15) is 12.0 Å². The minimum atomic E-state index is -0.182. The first-order chi connectivity index (χ1) is 8.84. The van der Waals surface area contributed by atoms with Crippen LogP contribution in [0.25, 0.3) is 10.9 Å². The summed E-state index contributed by atoms with van der Waals surface area (Å²) in [5, 5.41) is 14.6. The number of hydrogen-bond donors (Lipinski definition) is 2. The van der Waals surface area contributed by atoms with Crippen molar-refractivity contribution in [3.8, 4) is 0 Å². The number of nitrogens with zero attached hydrogens (tertiary/aromatic N) is 1. The minimum Gasteiger partial charge on any atom is -0.393 e. The van der Waals surface area contributed by atoms with Gasteiger partial charge in [0, 0.05) is 24.0 Å². The lowest BCUT2D eigenvalue weighted by Gasteiger charge is -2.28. The van der Waals surface area contributed by atoms with Gasteiger partial charge in [0.1, 0.15) is 0 Å². The molecule has 2 aromatic rings. The van der Waals surface area contributed by atoms with E-state index in [9.17, 15) is 5.11 Å². The Balaban J connectivity index is 1.90. The van der Waals surface area contributed by atoms with Crippen LogP contribution in [0.3, 0.4) is 0 Å². The molecule has 1 saturated heterocycles. The zero-order valence-corrected chi connectivity index (χ0v) is 10.3. The maximum Gasteiger partial charge on any atom is 0.0704 e. The SMILES string of the molecule is OC1CCNCC1Cc1ccnc2ccccc12. The van der Waals surface area contributed by atoms with Crippen LogP contribution < -0.4 is 5.32 Å². The van der Waals surface area contributed by atoms with Gasteiger partial charge in [0.2, 0.25) is 0 Å². The lowest BCUT2D eigenvalue weighted by molar-refractivity contribution is 0.0793. The zero-order chi connectivity index (χ0) is 12.4. The van der Waals surface area contributed by atoms with Crippen molar-refractivity contribution in [2.45, 2.75) is 18.9 Å². The normalized spacial score (nSPS) is 24.3. The van der Waals surface area contributed by atoms with Crippen LogP contribution >= 0.6 is 0 Å². The molecule has 0 aliphatic carbocycles. The van der Waals surface area contributed by atoms with Crippen LogP contribution in [0.4, 0.5) is 0 Å². The van der Waals surface area contributed by atoms with Crippen LogP contribution in [0, 0.1) is 5.92 Å². The van der Waals surface area contributed by atoms with Crippen LogP contribution in [0.2, 0.25) is 0 Å². The van der Waals surface area contributed by atoms with Crippen molar-refractivity contribution in [1.82, 2.24) is 10.3 Å². The molecule has 2 atom stereocenters. The van der Waals surface area contributed by atoms with Gasteiger partial charge in [-0.15, -0.1) is 0 Å². The minimum absolute atomic E-state index is 0.182. The molecular weight excluding hydrogens is 224 g/mol. The van der Waals surface area contributed by atoms with E-state index in [0.29, 0.717) is 5.92 Å². The van der Waals surface area contributed by atoms with Crippen LogP contribution in [-0.2, 0) is 6.42 Å². The van der Waals surface area contributed by atoms with Crippen molar-refractivity contribution < 1.29 is 5.11 Å². The van der Waals surface area contributed by atoms with E-state index in [1.807, 2.05) is 24.4 Å². The predicted molar refractivity (Wildman–Crippen MR) is 72.4 cm³/mol. The van der Waals surface area contributed by atoms with Gasteiger partial charge in [0.15, 0.2) is 0 Å². The average Bonchev–Trinajstić information content (AvgIpc) is 2.42. The van der Waals surface area contributed by atoms with Crippen molar-refractivity contribution in [2.24, 2.45) is 5.92 Å². The molecule has 1 aromatic carbocycles. The molecule has 1 aromatic heterocycles. The van der Waals surface area contributed by atoms with Crippen LogP contribution in [0.15, 0.2) is 36.5 Å². The summed E-state index contributed by atoms with van der Waals surface area (Å²) in [6, 6.07) is 10.3. The number of fused-ring (bicyclic) bond motifs is 1. The van der Waals surface area contributed by atoms with E-state index < -0.39 is 0 Å². The molecule has 2 heterocycles. The van der Waals surface area contributed by atoms with Crippen molar-refractivity contribution in [3.05, 3.63) is 42.1 Å². The second kappa shape index (κ2) is 5.04. The Bertz CT molecular complexity index is 536. The zero-order valence-electron chi connectivity index (χ0n) is 10.3. The van der Waals surface area contributed by atoms with E-state index in [2.05, 4.69) is 22.4 Å². The van der Waals surface area contributed by atoms with Gasteiger partial charge in [0.05, 0.1) is 11.6 Å². The van der Waals surface area contributed by atoms with Crippen LogP contribution in [-0.4, -0.2) is 29.3 Å². The monoisotopic (exact) mass is 242 g/mol. The number of piperidine rings is 1. The molecule has 0 saturated carbocycles. The van der Waals surface area contributed by atoms with Gasteiger partial charge in [-0.1, -0.05) is 18.2 Å². The van der Waals surface area contributed by atoms with E-state index in [1.165, 1.54) is 10.9 Å². The molecule has 1 aliphatic heterocycles. The molecule has 3 nitrogen and oxygen atoms in total. The number of benzene rings is 1. The molecule has 94 valence electrons. The topological polar surface area (TPSA) is 45.1 Å². The lowest BCUT2D eigenvalue weighted by atomic mass is 9.89. The number of aliphatic hydroxyl groups is 1.